The Morgan fingerprint density at radius 3 is 2.45 bits per heavy atom. The molecule has 0 heterocycles. The zero-order chi connectivity index (χ0) is 15.9. The Kier molecular flexibility index (Phi) is 6.10. The van der Waals surface area contributed by atoms with Gasteiger partial charge in [0.2, 0.25) is 0 Å². The van der Waals surface area contributed by atoms with Crippen LogP contribution in [0.4, 0.5) is 4.39 Å². The molecule has 0 aliphatic rings. The lowest BCUT2D eigenvalue weighted by atomic mass is 10.1. The van der Waals surface area contributed by atoms with Crippen LogP contribution in [0.5, 0.6) is 0 Å². The van der Waals surface area contributed by atoms with Crippen LogP contribution in [0.2, 0.25) is 0 Å². The fourth-order valence-electron chi connectivity index (χ4n) is 2.53. The van der Waals surface area contributed by atoms with Crippen LogP contribution in [-0.2, 0) is 6.54 Å². The first-order valence-corrected chi connectivity index (χ1v) is 7.81. The maximum absolute atomic E-state index is 13.4. The Labute approximate surface area is 132 Å². The molecule has 22 heavy (non-hydrogen) atoms. The highest BCUT2D eigenvalue weighted by molar-refractivity contribution is 5.19. The van der Waals surface area contributed by atoms with Gasteiger partial charge in [-0.2, -0.15) is 0 Å². The number of halogens is 1. The summed E-state index contributed by atoms with van der Waals surface area (Å²) in [5.74, 6) is -0.217. The molecule has 0 saturated heterocycles. The first kappa shape index (κ1) is 16.7. The number of aliphatic hydroxyl groups is 1. The zero-order valence-corrected chi connectivity index (χ0v) is 13.2. The molecule has 2 rings (SSSR count). The van der Waals surface area contributed by atoms with Gasteiger partial charge in [0, 0.05) is 19.1 Å². The Morgan fingerprint density at radius 1 is 1.09 bits per heavy atom. The van der Waals surface area contributed by atoms with Crippen LogP contribution in [0, 0.1) is 5.82 Å². The van der Waals surface area contributed by atoms with E-state index in [1.54, 1.807) is 12.1 Å². The molecular formula is C19H24FNO. The Balaban J connectivity index is 2.09. The van der Waals surface area contributed by atoms with Crippen molar-refractivity contribution < 1.29 is 9.50 Å². The molecule has 0 aliphatic heterocycles. The van der Waals surface area contributed by atoms with Crippen molar-refractivity contribution in [3.63, 3.8) is 0 Å². The van der Waals surface area contributed by atoms with Gasteiger partial charge in [-0.05, 0) is 36.6 Å². The number of nitrogens with zero attached hydrogens (tertiary/aromatic N) is 1. The molecule has 0 saturated carbocycles. The van der Waals surface area contributed by atoms with Gasteiger partial charge in [-0.15, -0.1) is 0 Å². The minimum Gasteiger partial charge on any atom is -0.387 e. The van der Waals surface area contributed by atoms with E-state index in [0.717, 1.165) is 17.5 Å². The van der Waals surface area contributed by atoms with Crippen LogP contribution in [0.15, 0.2) is 54.6 Å². The zero-order valence-electron chi connectivity index (χ0n) is 13.2. The minimum absolute atomic E-state index is 0.217. The predicted molar refractivity (Wildman–Crippen MR) is 88.0 cm³/mol. The van der Waals surface area contributed by atoms with Crippen LogP contribution in [0.1, 0.15) is 37.5 Å². The quantitative estimate of drug-likeness (QED) is 0.830. The second kappa shape index (κ2) is 8.06. The number of aliphatic hydroxyl groups excluding tert-OH is 1. The second-order valence-electron chi connectivity index (χ2n) is 5.74. The van der Waals surface area contributed by atoms with Crippen LogP contribution in [-0.4, -0.2) is 22.6 Å². The highest BCUT2D eigenvalue weighted by Crippen LogP contribution is 2.19. The Hall–Kier alpha value is -1.71. The summed E-state index contributed by atoms with van der Waals surface area (Å²) in [6.45, 7) is 5.43. The summed E-state index contributed by atoms with van der Waals surface area (Å²) in [4.78, 5) is 2.20. The third-order valence-electron chi connectivity index (χ3n) is 4.08. The molecule has 118 valence electrons. The molecular weight excluding hydrogens is 277 g/mol. The normalized spacial score (nSPS) is 14.0. The maximum Gasteiger partial charge on any atom is 0.123 e. The molecule has 0 spiro atoms. The van der Waals surface area contributed by atoms with Gasteiger partial charge < -0.3 is 5.11 Å². The third-order valence-corrected chi connectivity index (χ3v) is 4.08. The van der Waals surface area contributed by atoms with Crippen LogP contribution >= 0.6 is 0 Å². The van der Waals surface area contributed by atoms with Crippen molar-refractivity contribution in [1.29, 1.82) is 0 Å². The lowest BCUT2D eigenvalue weighted by Gasteiger charge is -2.30. The topological polar surface area (TPSA) is 23.5 Å². The van der Waals surface area contributed by atoms with E-state index >= 15 is 0 Å². The average molecular weight is 301 g/mol. The standard InChI is InChI=1S/C19H24FNO/c1-3-15(2)21(13-16-8-7-11-18(20)12-16)14-19(22)17-9-5-4-6-10-17/h4-12,15,19,22H,3,13-14H2,1-2H3. The Morgan fingerprint density at radius 2 is 1.82 bits per heavy atom. The van der Waals surface area contributed by atoms with Crippen molar-refractivity contribution in [2.45, 2.75) is 39.0 Å². The highest BCUT2D eigenvalue weighted by Gasteiger charge is 2.18. The van der Waals surface area contributed by atoms with Gasteiger partial charge in [-0.3, -0.25) is 4.90 Å². The fourth-order valence-corrected chi connectivity index (χ4v) is 2.53. The molecule has 0 aliphatic carbocycles. The molecule has 0 bridgehead atoms. The molecule has 0 amide bonds. The average Bonchev–Trinajstić information content (AvgIpc) is 2.54. The molecule has 0 aromatic heterocycles. The second-order valence-corrected chi connectivity index (χ2v) is 5.74. The van der Waals surface area contributed by atoms with Gasteiger partial charge in [0.1, 0.15) is 5.82 Å². The predicted octanol–water partition coefficient (Wildman–Crippen LogP) is 4.16. The summed E-state index contributed by atoms with van der Waals surface area (Å²) in [6.07, 6.45) is 0.445. The molecule has 3 heteroatoms. The molecule has 0 fully saturated rings. The molecule has 0 radical (unpaired) electrons. The number of hydrogen-bond donors (Lipinski definition) is 1. The summed E-state index contributed by atoms with van der Waals surface area (Å²) >= 11 is 0. The summed E-state index contributed by atoms with van der Waals surface area (Å²) in [5.41, 5.74) is 1.84. The van der Waals surface area contributed by atoms with Crippen molar-refractivity contribution >= 4 is 0 Å². The van der Waals surface area contributed by atoms with Crippen molar-refractivity contribution in [3.05, 3.63) is 71.5 Å². The summed E-state index contributed by atoms with van der Waals surface area (Å²) in [7, 11) is 0. The summed E-state index contributed by atoms with van der Waals surface area (Å²) in [5, 5.41) is 10.5. The van der Waals surface area contributed by atoms with E-state index < -0.39 is 6.10 Å². The molecule has 1 N–H and O–H groups in total. The van der Waals surface area contributed by atoms with Gasteiger partial charge in [0.25, 0.3) is 0 Å². The van der Waals surface area contributed by atoms with Crippen molar-refractivity contribution in [1.82, 2.24) is 4.90 Å². The largest absolute Gasteiger partial charge is 0.387 e. The van der Waals surface area contributed by atoms with E-state index in [-0.39, 0.29) is 5.82 Å². The number of benzene rings is 2. The fraction of sp³-hybridized carbons (Fsp3) is 0.368. The van der Waals surface area contributed by atoms with E-state index in [1.807, 2.05) is 36.4 Å². The van der Waals surface area contributed by atoms with Crippen molar-refractivity contribution in [2.24, 2.45) is 0 Å². The first-order chi connectivity index (χ1) is 10.6. The monoisotopic (exact) mass is 301 g/mol. The van der Waals surface area contributed by atoms with Gasteiger partial charge in [-0.25, -0.2) is 4.39 Å². The number of rotatable bonds is 7. The molecule has 2 unspecified atom stereocenters. The van der Waals surface area contributed by atoms with Gasteiger partial charge in [0.15, 0.2) is 0 Å². The summed E-state index contributed by atoms with van der Waals surface area (Å²) < 4.78 is 13.4. The van der Waals surface area contributed by atoms with E-state index in [0.29, 0.717) is 19.1 Å². The van der Waals surface area contributed by atoms with Gasteiger partial charge in [-0.1, -0.05) is 49.4 Å². The highest BCUT2D eigenvalue weighted by atomic mass is 19.1. The Bertz CT molecular complexity index is 573. The van der Waals surface area contributed by atoms with Crippen LogP contribution < -0.4 is 0 Å². The van der Waals surface area contributed by atoms with Crippen LogP contribution in [0.25, 0.3) is 0 Å². The summed E-state index contributed by atoms with van der Waals surface area (Å²) in [6, 6.07) is 16.7. The van der Waals surface area contributed by atoms with Gasteiger partial charge in [0.05, 0.1) is 6.10 Å². The molecule has 2 aromatic carbocycles. The molecule has 2 atom stereocenters. The van der Waals surface area contributed by atoms with E-state index in [4.69, 9.17) is 0 Å². The lowest BCUT2D eigenvalue weighted by Crippen LogP contribution is -2.35. The smallest absolute Gasteiger partial charge is 0.123 e. The van der Waals surface area contributed by atoms with Crippen LogP contribution in [0.3, 0.4) is 0 Å². The lowest BCUT2D eigenvalue weighted by molar-refractivity contribution is 0.0847. The molecule has 2 aromatic rings. The van der Waals surface area contributed by atoms with Gasteiger partial charge >= 0.3 is 0 Å². The SMILES string of the molecule is CCC(C)N(Cc1cccc(F)c1)CC(O)c1ccccc1. The minimum atomic E-state index is -0.538. The molecule has 2 nitrogen and oxygen atoms in total. The first-order valence-electron chi connectivity index (χ1n) is 7.81. The number of hydrogen-bond acceptors (Lipinski definition) is 2. The van der Waals surface area contributed by atoms with Crippen molar-refractivity contribution in [2.75, 3.05) is 6.54 Å². The third kappa shape index (κ3) is 4.65. The van der Waals surface area contributed by atoms with E-state index in [9.17, 15) is 9.50 Å². The van der Waals surface area contributed by atoms with Crippen molar-refractivity contribution in [3.8, 4) is 0 Å². The van der Waals surface area contributed by atoms with E-state index in [1.165, 1.54) is 6.07 Å². The van der Waals surface area contributed by atoms with E-state index in [2.05, 4.69) is 18.7 Å². The maximum atomic E-state index is 13.4.